The summed E-state index contributed by atoms with van der Waals surface area (Å²) in [5.41, 5.74) is 1.32. The number of carboxylic acid groups (broad SMARTS) is 1. The molecule has 6 heteroatoms. The Kier molecular flexibility index (Phi) is 2.79. The number of hydrogen-bond donors (Lipinski definition) is 1. The predicted molar refractivity (Wildman–Crippen MR) is 73.5 cm³/mol. The maximum Gasteiger partial charge on any atom is 0.354 e. The first-order chi connectivity index (χ1) is 9.15. The molecule has 0 aliphatic carbocycles. The highest BCUT2D eigenvalue weighted by Gasteiger charge is 2.12. The van der Waals surface area contributed by atoms with Crippen LogP contribution in [0.2, 0.25) is 0 Å². The fourth-order valence-corrected chi connectivity index (χ4v) is 2.17. The average Bonchev–Trinajstić information content (AvgIpc) is 2.84. The quantitative estimate of drug-likeness (QED) is 0.789. The number of rotatable bonds is 2. The molecule has 0 spiro atoms. The van der Waals surface area contributed by atoms with E-state index < -0.39 is 5.97 Å². The molecule has 0 bridgehead atoms. The summed E-state index contributed by atoms with van der Waals surface area (Å²) in [4.78, 5) is 15.2. The van der Waals surface area contributed by atoms with Crippen molar-refractivity contribution < 1.29 is 9.90 Å². The second-order valence-electron chi connectivity index (χ2n) is 3.95. The molecule has 0 fully saturated rings. The van der Waals surface area contributed by atoms with Gasteiger partial charge in [-0.15, -0.1) is 0 Å². The Labute approximate surface area is 116 Å². The zero-order valence-electron chi connectivity index (χ0n) is 9.62. The molecular formula is C13H8BrN3O2. The van der Waals surface area contributed by atoms with Crippen molar-refractivity contribution >= 4 is 32.8 Å². The van der Waals surface area contributed by atoms with Crippen molar-refractivity contribution in [2.75, 3.05) is 0 Å². The molecule has 0 radical (unpaired) electrons. The normalized spacial score (nSPS) is 10.8. The lowest BCUT2D eigenvalue weighted by Gasteiger charge is -2.07. The molecule has 2 aromatic heterocycles. The number of benzene rings is 1. The predicted octanol–water partition coefficient (Wildman–Crippen LogP) is 2.88. The molecule has 0 saturated carbocycles. The van der Waals surface area contributed by atoms with Gasteiger partial charge in [0.15, 0.2) is 5.69 Å². The van der Waals surface area contributed by atoms with Crippen molar-refractivity contribution in [3.63, 3.8) is 0 Å². The Morgan fingerprint density at radius 2 is 2.11 bits per heavy atom. The monoisotopic (exact) mass is 317 g/mol. The van der Waals surface area contributed by atoms with E-state index in [0.29, 0.717) is 11.2 Å². The van der Waals surface area contributed by atoms with E-state index in [4.69, 9.17) is 5.11 Å². The lowest BCUT2D eigenvalue weighted by atomic mass is 10.1. The van der Waals surface area contributed by atoms with Crippen LogP contribution in [0.15, 0.2) is 47.2 Å². The number of aromatic carboxylic acids is 1. The number of carboxylic acids is 1. The summed E-state index contributed by atoms with van der Waals surface area (Å²) in [6.07, 6.45) is 3.42. The van der Waals surface area contributed by atoms with Crippen LogP contribution in [0.25, 0.3) is 16.6 Å². The first kappa shape index (κ1) is 11.9. The van der Waals surface area contributed by atoms with Crippen molar-refractivity contribution in [3.05, 3.63) is 52.9 Å². The Hall–Kier alpha value is -2.21. The third kappa shape index (κ3) is 2.10. The highest BCUT2D eigenvalue weighted by Crippen LogP contribution is 2.22. The van der Waals surface area contributed by atoms with E-state index in [1.54, 1.807) is 23.1 Å². The highest BCUT2D eigenvalue weighted by molar-refractivity contribution is 9.10. The van der Waals surface area contributed by atoms with Crippen molar-refractivity contribution in [2.45, 2.75) is 0 Å². The van der Waals surface area contributed by atoms with Crippen LogP contribution in [0.3, 0.4) is 0 Å². The Morgan fingerprint density at radius 3 is 2.79 bits per heavy atom. The molecule has 5 nitrogen and oxygen atoms in total. The summed E-state index contributed by atoms with van der Waals surface area (Å²) in [5, 5.41) is 14.2. The van der Waals surface area contributed by atoms with E-state index in [2.05, 4.69) is 26.0 Å². The van der Waals surface area contributed by atoms with Crippen LogP contribution in [-0.4, -0.2) is 25.8 Å². The molecule has 1 N–H and O–H groups in total. The van der Waals surface area contributed by atoms with Gasteiger partial charge in [-0.1, -0.05) is 18.2 Å². The molecule has 3 rings (SSSR count). The van der Waals surface area contributed by atoms with Crippen molar-refractivity contribution in [3.8, 4) is 5.69 Å². The van der Waals surface area contributed by atoms with Crippen molar-refractivity contribution in [1.82, 2.24) is 14.8 Å². The molecule has 0 unspecified atom stereocenters. The lowest BCUT2D eigenvalue weighted by Crippen LogP contribution is -2.04. The van der Waals surface area contributed by atoms with Gasteiger partial charge in [-0.2, -0.15) is 5.10 Å². The zero-order valence-corrected chi connectivity index (χ0v) is 11.2. The van der Waals surface area contributed by atoms with Crippen molar-refractivity contribution in [1.29, 1.82) is 0 Å². The van der Waals surface area contributed by atoms with Crippen LogP contribution in [0.1, 0.15) is 10.5 Å². The van der Waals surface area contributed by atoms with Crippen LogP contribution in [0.5, 0.6) is 0 Å². The van der Waals surface area contributed by atoms with Gasteiger partial charge in [0.05, 0.1) is 21.9 Å². The van der Waals surface area contributed by atoms with Gasteiger partial charge in [0.1, 0.15) is 0 Å². The first-order valence-electron chi connectivity index (χ1n) is 5.49. The topological polar surface area (TPSA) is 68.0 Å². The molecule has 19 heavy (non-hydrogen) atoms. The van der Waals surface area contributed by atoms with E-state index in [-0.39, 0.29) is 5.69 Å². The molecular weight excluding hydrogens is 310 g/mol. The Morgan fingerprint density at radius 1 is 1.32 bits per heavy atom. The maximum absolute atomic E-state index is 11.1. The molecule has 0 aliphatic rings. The zero-order chi connectivity index (χ0) is 13.4. The number of aromatic nitrogens is 3. The largest absolute Gasteiger partial charge is 0.477 e. The van der Waals surface area contributed by atoms with Crippen LogP contribution >= 0.6 is 15.9 Å². The minimum Gasteiger partial charge on any atom is -0.477 e. The van der Waals surface area contributed by atoms with Crippen LogP contribution in [0.4, 0.5) is 0 Å². The standard InChI is InChI=1S/C13H8BrN3O2/c14-8-6-15-17(7-8)12-5-11(13(18)19)16-10-4-2-1-3-9(10)12/h1-7H,(H,18,19). The van der Waals surface area contributed by atoms with Crippen molar-refractivity contribution in [2.24, 2.45) is 0 Å². The van der Waals surface area contributed by atoms with Gasteiger partial charge in [0.25, 0.3) is 0 Å². The first-order valence-corrected chi connectivity index (χ1v) is 6.28. The molecule has 2 heterocycles. The van der Waals surface area contributed by atoms with Crippen LogP contribution < -0.4 is 0 Å². The van der Waals surface area contributed by atoms with E-state index in [1.165, 1.54) is 6.07 Å². The fourth-order valence-electron chi connectivity index (χ4n) is 1.89. The molecule has 0 atom stereocenters. The summed E-state index contributed by atoms with van der Waals surface area (Å²) in [7, 11) is 0. The fraction of sp³-hybridized carbons (Fsp3) is 0. The Balaban J connectivity index is 2.35. The average molecular weight is 318 g/mol. The molecule has 0 amide bonds. The van der Waals surface area contributed by atoms with Crippen LogP contribution in [0, 0.1) is 0 Å². The minimum absolute atomic E-state index is 0.000299. The summed E-state index contributed by atoms with van der Waals surface area (Å²) in [5.74, 6) is -1.06. The van der Waals surface area contributed by atoms with Gasteiger partial charge in [-0.3, -0.25) is 0 Å². The van der Waals surface area contributed by atoms with E-state index >= 15 is 0 Å². The van der Waals surface area contributed by atoms with Gasteiger partial charge < -0.3 is 5.11 Å². The van der Waals surface area contributed by atoms with E-state index in [1.807, 2.05) is 18.2 Å². The number of carbonyl (C=O) groups is 1. The second-order valence-corrected chi connectivity index (χ2v) is 4.87. The van der Waals surface area contributed by atoms with Gasteiger partial charge in [-0.05, 0) is 28.1 Å². The SMILES string of the molecule is O=C(O)c1cc(-n2cc(Br)cn2)c2ccccc2n1. The number of hydrogen-bond acceptors (Lipinski definition) is 3. The smallest absolute Gasteiger partial charge is 0.354 e. The maximum atomic E-state index is 11.1. The number of pyridine rings is 1. The number of nitrogens with zero attached hydrogens (tertiary/aromatic N) is 3. The summed E-state index contributed by atoms with van der Waals surface area (Å²) in [6, 6.07) is 8.89. The molecule has 3 aromatic rings. The van der Waals surface area contributed by atoms with Gasteiger partial charge in [0, 0.05) is 11.6 Å². The van der Waals surface area contributed by atoms with Gasteiger partial charge >= 0.3 is 5.97 Å². The summed E-state index contributed by atoms with van der Waals surface area (Å²) < 4.78 is 2.45. The molecule has 0 saturated heterocycles. The Bertz CT molecular complexity index is 782. The summed E-state index contributed by atoms with van der Waals surface area (Å²) >= 11 is 3.33. The lowest BCUT2D eigenvalue weighted by molar-refractivity contribution is 0.0691. The third-order valence-electron chi connectivity index (χ3n) is 2.71. The third-order valence-corrected chi connectivity index (χ3v) is 3.12. The number of para-hydroxylation sites is 1. The number of fused-ring (bicyclic) bond motifs is 1. The van der Waals surface area contributed by atoms with E-state index in [0.717, 1.165) is 9.86 Å². The summed E-state index contributed by atoms with van der Waals surface area (Å²) in [6.45, 7) is 0. The highest BCUT2D eigenvalue weighted by atomic mass is 79.9. The van der Waals surface area contributed by atoms with Gasteiger partial charge in [-0.25, -0.2) is 14.5 Å². The molecule has 1 aromatic carbocycles. The van der Waals surface area contributed by atoms with E-state index in [9.17, 15) is 4.79 Å². The minimum atomic E-state index is -1.06. The number of halogens is 1. The van der Waals surface area contributed by atoms with Crippen LogP contribution in [-0.2, 0) is 0 Å². The molecule has 0 aliphatic heterocycles. The molecule has 94 valence electrons. The second kappa shape index (κ2) is 4.47. The van der Waals surface area contributed by atoms with Gasteiger partial charge in [0.2, 0.25) is 0 Å².